The van der Waals surface area contributed by atoms with Gasteiger partial charge in [-0.25, -0.2) is 4.79 Å². The summed E-state index contributed by atoms with van der Waals surface area (Å²) < 4.78 is 10.4. The molecule has 1 aromatic heterocycles. The number of amides is 1. The highest BCUT2D eigenvalue weighted by molar-refractivity contribution is 9.10. The molecule has 2 rings (SSSR count). The molecule has 0 aromatic carbocycles. The lowest BCUT2D eigenvalue weighted by Gasteiger charge is -2.29. The van der Waals surface area contributed by atoms with Crippen molar-refractivity contribution in [2.24, 2.45) is 5.92 Å². The first kappa shape index (κ1) is 15.1. The lowest BCUT2D eigenvalue weighted by Crippen LogP contribution is -2.42. The molecular weight excluding hydrogens is 326 g/mol. The Morgan fingerprint density at radius 1 is 1.40 bits per heavy atom. The molecule has 1 fully saturated rings. The molecule has 1 N–H and O–H groups in total. The quantitative estimate of drug-likeness (QED) is 0.853. The fourth-order valence-corrected chi connectivity index (χ4v) is 2.71. The van der Waals surface area contributed by atoms with Crippen molar-refractivity contribution in [1.29, 1.82) is 0 Å². The molecule has 1 heterocycles. The van der Waals surface area contributed by atoms with Crippen LogP contribution in [0.15, 0.2) is 21.2 Å². The van der Waals surface area contributed by atoms with Gasteiger partial charge in [0.25, 0.3) is 5.91 Å². The fraction of sp³-hybridized carbons (Fsp3) is 0.571. The van der Waals surface area contributed by atoms with E-state index in [9.17, 15) is 9.59 Å². The minimum atomic E-state index is -0.637. The number of nitrogens with one attached hydrogen (secondary N) is 1. The maximum Gasteiger partial charge on any atom is 0.374 e. The molecule has 1 aromatic rings. The number of rotatable bonds is 4. The van der Waals surface area contributed by atoms with Crippen LogP contribution in [0.4, 0.5) is 0 Å². The number of ether oxygens (including phenoxy) is 1. The average molecular weight is 344 g/mol. The second kappa shape index (κ2) is 6.92. The third-order valence-corrected chi connectivity index (χ3v) is 3.99. The summed E-state index contributed by atoms with van der Waals surface area (Å²) in [7, 11) is 0. The maximum absolute atomic E-state index is 11.8. The molecule has 20 heavy (non-hydrogen) atoms. The van der Waals surface area contributed by atoms with E-state index < -0.39 is 5.97 Å². The number of hydrogen-bond acceptors (Lipinski definition) is 4. The predicted octanol–water partition coefficient (Wildman–Crippen LogP) is 2.89. The first-order valence-corrected chi connectivity index (χ1v) is 7.57. The molecule has 0 bridgehead atoms. The minimum Gasteiger partial charge on any atom is -0.450 e. The largest absolute Gasteiger partial charge is 0.450 e. The summed E-state index contributed by atoms with van der Waals surface area (Å²) in [5.41, 5.74) is 0. The van der Waals surface area contributed by atoms with Crippen molar-refractivity contribution in [3.63, 3.8) is 0 Å². The van der Waals surface area contributed by atoms with E-state index in [-0.39, 0.29) is 24.3 Å². The zero-order valence-corrected chi connectivity index (χ0v) is 12.9. The van der Waals surface area contributed by atoms with E-state index in [2.05, 4.69) is 28.2 Å². The van der Waals surface area contributed by atoms with Gasteiger partial charge in [0.1, 0.15) is 0 Å². The number of carbonyl (C=O) groups excluding carboxylic acids is 2. The highest BCUT2D eigenvalue weighted by Crippen LogP contribution is 2.23. The topological polar surface area (TPSA) is 68.5 Å². The van der Waals surface area contributed by atoms with Crippen LogP contribution in [-0.2, 0) is 9.53 Å². The maximum atomic E-state index is 11.8. The van der Waals surface area contributed by atoms with E-state index in [1.165, 1.54) is 12.5 Å². The predicted molar refractivity (Wildman–Crippen MR) is 76.3 cm³/mol. The molecule has 1 aliphatic rings. The lowest BCUT2D eigenvalue weighted by molar-refractivity contribution is -0.125. The van der Waals surface area contributed by atoms with Gasteiger partial charge in [0.15, 0.2) is 11.3 Å². The monoisotopic (exact) mass is 343 g/mol. The molecule has 5 nitrogen and oxygen atoms in total. The highest BCUT2D eigenvalue weighted by atomic mass is 79.9. The van der Waals surface area contributed by atoms with Gasteiger partial charge < -0.3 is 14.5 Å². The summed E-state index contributed by atoms with van der Waals surface area (Å²) in [6.07, 6.45) is 4.47. The lowest BCUT2D eigenvalue weighted by atomic mass is 9.86. The van der Waals surface area contributed by atoms with Crippen LogP contribution in [0.25, 0.3) is 0 Å². The molecule has 1 aliphatic carbocycles. The van der Waals surface area contributed by atoms with Crippen molar-refractivity contribution in [3.8, 4) is 0 Å². The Balaban J connectivity index is 1.76. The van der Waals surface area contributed by atoms with Crippen molar-refractivity contribution in [1.82, 2.24) is 5.32 Å². The normalized spacial score (nSPS) is 22.3. The molecule has 0 radical (unpaired) electrons. The van der Waals surface area contributed by atoms with Crippen LogP contribution in [0.1, 0.15) is 43.2 Å². The van der Waals surface area contributed by atoms with Gasteiger partial charge in [0.05, 0.1) is 0 Å². The molecular formula is C14H18BrNO4. The van der Waals surface area contributed by atoms with Crippen LogP contribution in [-0.4, -0.2) is 24.5 Å². The van der Waals surface area contributed by atoms with Gasteiger partial charge in [-0.3, -0.25) is 4.79 Å². The van der Waals surface area contributed by atoms with Crippen LogP contribution < -0.4 is 5.32 Å². The second-order valence-corrected chi connectivity index (χ2v) is 5.90. The Hall–Kier alpha value is -1.30. The molecule has 110 valence electrons. The molecule has 2 atom stereocenters. The Bertz CT molecular complexity index is 485. The van der Waals surface area contributed by atoms with Crippen molar-refractivity contribution in [2.45, 2.75) is 38.6 Å². The van der Waals surface area contributed by atoms with Crippen LogP contribution in [0.2, 0.25) is 0 Å². The van der Waals surface area contributed by atoms with Gasteiger partial charge in [0, 0.05) is 6.04 Å². The van der Waals surface area contributed by atoms with Crippen LogP contribution in [0, 0.1) is 5.92 Å². The molecule has 1 amide bonds. The van der Waals surface area contributed by atoms with E-state index in [4.69, 9.17) is 9.15 Å². The fourth-order valence-electron chi connectivity index (χ4n) is 2.41. The van der Waals surface area contributed by atoms with Crippen LogP contribution in [0.5, 0.6) is 0 Å². The zero-order valence-electron chi connectivity index (χ0n) is 11.4. The van der Waals surface area contributed by atoms with Crippen LogP contribution >= 0.6 is 15.9 Å². The van der Waals surface area contributed by atoms with Crippen molar-refractivity contribution in [2.75, 3.05) is 6.61 Å². The zero-order chi connectivity index (χ0) is 14.5. The summed E-state index contributed by atoms with van der Waals surface area (Å²) in [5, 5.41) is 2.92. The van der Waals surface area contributed by atoms with Gasteiger partial charge >= 0.3 is 5.97 Å². The summed E-state index contributed by atoms with van der Waals surface area (Å²) >= 11 is 3.10. The third kappa shape index (κ3) is 4.10. The summed E-state index contributed by atoms with van der Waals surface area (Å²) in [5.74, 6) is -0.342. The van der Waals surface area contributed by atoms with E-state index in [0.29, 0.717) is 10.6 Å². The molecule has 1 saturated carbocycles. The van der Waals surface area contributed by atoms with E-state index in [0.717, 1.165) is 19.3 Å². The second-order valence-electron chi connectivity index (χ2n) is 5.12. The van der Waals surface area contributed by atoms with Crippen molar-refractivity contribution >= 4 is 27.8 Å². The van der Waals surface area contributed by atoms with Gasteiger partial charge in [-0.2, -0.15) is 0 Å². The highest BCUT2D eigenvalue weighted by Gasteiger charge is 2.23. The van der Waals surface area contributed by atoms with Gasteiger partial charge in [-0.1, -0.05) is 19.8 Å². The van der Waals surface area contributed by atoms with Gasteiger partial charge in [-0.05, 0) is 46.8 Å². The molecule has 0 unspecified atom stereocenters. The Morgan fingerprint density at radius 3 is 2.80 bits per heavy atom. The Kier molecular flexibility index (Phi) is 5.23. The van der Waals surface area contributed by atoms with E-state index >= 15 is 0 Å². The average Bonchev–Trinajstić information content (AvgIpc) is 2.85. The van der Waals surface area contributed by atoms with Gasteiger partial charge in [0.2, 0.25) is 5.76 Å². The first-order valence-electron chi connectivity index (χ1n) is 6.78. The molecule has 0 saturated heterocycles. The number of halogens is 1. The molecule has 0 aliphatic heterocycles. The van der Waals surface area contributed by atoms with E-state index in [1.807, 2.05) is 0 Å². The van der Waals surface area contributed by atoms with Gasteiger partial charge in [-0.15, -0.1) is 0 Å². The summed E-state index contributed by atoms with van der Waals surface area (Å²) in [6.45, 7) is 1.86. The number of esters is 1. The third-order valence-electron chi connectivity index (χ3n) is 3.57. The standard InChI is InChI=1S/C14H18BrNO4/c1-9-4-2-3-5-10(9)16-13(17)8-19-14(18)11-6-7-12(15)20-11/h6-7,9-10H,2-5,8H2,1H3,(H,16,17)/t9-,10+/m1/s1. The van der Waals surface area contributed by atoms with Crippen molar-refractivity contribution < 1.29 is 18.7 Å². The Labute approximate surface area is 126 Å². The van der Waals surface area contributed by atoms with E-state index in [1.54, 1.807) is 6.07 Å². The Morgan fingerprint density at radius 2 is 2.15 bits per heavy atom. The number of hydrogen-bond donors (Lipinski definition) is 1. The smallest absolute Gasteiger partial charge is 0.374 e. The minimum absolute atomic E-state index is 0.0794. The first-order chi connectivity index (χ1) is 9.56. The SMILES string of the molecule is C[C@@H]1CCCC[C@@H]1NC(=O)COC(=O)c1ccc(Br)o1. The summed E-state index contributed by atoms with van der Waals surface area (Å²) in [6, 6.07) is 3.28. The summed E-state index contributed by atoms with van der Waals surface area (Å²) in [4.78, 5) is 23.4. The molecule has 6 heteroatoms. The van der Waals surface area contributed by atoms with Crippen molar-refractivity contribution in [3.05, 3.63) is 22.6 Å². The number of carbonyl (C=O) groups is 2. The number of furan rings is 1. The molecule has 0 spiro atoms. The van der Waals surface area contributed by atoms with Crippen LogP contribution in [0.3, 0.4) is 0 Å².